The van der Waals surface area contributed by atoms with E-state index in [2.05, 4.69) is 10.8 Å². The fraction of sp³-hybridized carbons (Fsp3) is 0.375. The zero-order chi connectivity index (χ0) is 23.0. The molecule has 0 aliphatic heterocycles. The summed E-state index contributed by atoms with van der Waals surface area (Å²) in [6, 6.07) is 14.1. The Kier molecular flexibility index (Phi) is 5.95. The van der Waals surface area contributed by atoms with Crippen LogP contribution in [0.25, 0.3) is 22.2 Å². The van der Waals surface area contributed by atoms with Crippen molar-refractivity contribution in [3.63, 3.8) is 0 Å². The van der Waals surface area contributed by atoms with Crippen LogP contribution >= 0.6 is 0 Å². The van der Waals surface area contributed by atoms with Gasteiger partial charge in [0.15, 0.2) is 9.84 Å². The van der Waals surface area contributed by atoms with Crippen molar-refractivity contribution in [1.29, 1.82) is 5.26 Å². The van der Waals surface area contributed by atoms with Crippen molar-refractivity contribution in [2.75, 3.05) is 0 Å². The summed E-state index contributed by atoms with van der Waals surface area (Å²) in [4.78, 5) is 0. The lowest BCUT2D eigenvalue weighted by Crippen LogP contribution is -2.15. The maximum atomic E-state index is 12.7. The second-order valence-corrected chi connectivity index (χ2v) is 11.1. The molecule has 3 aromatic rings. The molecule has 2 aromatic carbocycles. The predicted molar refractivity (Wildman–Crippen MR) is 119 cm³/mol. The van der Waals surface area contributed by atoms with Gasteiger partial charge >= 0.3 is 6.61 Å². The highest BCUT2D eigenvalue weighted by molar-refractivity contribution is 7.91. The van der Waals surface area contributed by atoms with Gasteiger partial charge in [0.2, 0.25) is 0 Å². The summed E-state index contributed by atoms with van der Waals surface area (Å²) >= 11 is 0. The summed E-state index contributed by atoms with van der Waals surface area (Å²) in [7, 11) is -3.23. The van der Waals surface area contributed by atoms with E-state index in [0.29, 0.717) is 40.2 Å². The van der Waals surface area contributed by atoms with Crippen LogP contribution in [0.4, 0.5) is 8.78 Å². The van der Waals surface area contributed by atoms with E-state index in [1.54, 1.807) is 38.1 Å². The Morgan fingerprint density at radius 1 is 1.16 bits per heavy atom. The van der Waals surface area contributed by atoms with Gasteiger partial charge in [-0.05, 0) is 55.9 Å². The van der Waals surface area contributed by atoms with Crippen LogP contribution in [-0.2, 0) is 22.1 Å². The summed E-state index contributed by atoms with van der Waals surface area (Å²) in [6.07, 6.45) is 2.17. The second kappa shape index (κ2) is 8.55. The monoisotopic (exact) mass is 458 g/mol. The van der Waals surface area contributed by atoms with E-state index in [1.165, 1.54) is 6.07 Å². The molecule has 0 unspecified atom stereocenters. The Morgan fingerprint density at radius 2 is 1.84 bits per heavy atom. The van der Waals surface area contributed by atoms with Gasteiger partial charge in [-0.3, -0.25) is 0 Å². The lowest BCUT2D eigenvalue weighted by atomic mass is 10.0. The van der Waals surface area contributed by atoms with Gasteiger partial charge in [-0.1, -0.05) is 24.3 Å². The first-order valence-electron chi connectivity index (χ1n) is 10.5. The van der Waals surface area contributed by atoms with Gasteiger partial charge in [0.05, 0.1) is 27.8 Å². The average molecular weight is 459 g/mol. The molecule has 0 spiro atoms. The van der Waals surface area contributed by atoms with Crippen LogP contribution < -0.4 is 4.74 Å². The minimum absolute atomic E-state index is 0.0462. The van der Waals surface area contributed by atoms with E-state index in [0.717, 1.165) is 18.4 Å². The van der Waals surface area contributed by atoms with E-state index in [-0.39, 0.29) is 11.5 Å². The highest BCUT2D eigenvalue weighted by Gasteiger charge is 2.27. The number of nitriles is 1. The molecule has 1 fully saturated rings. The summed E-state index contributed by atoms with van der Waals surface area (Å²) in [5.74, 6) is 0.480. The first-order chi connectivity index (χ1) is 15.2. The number of halogens is 2. The van der Waals surface area contributed by atoms with Crippen molar-refractivity contribution in [2.24, 2.45) is 5.92 Å². The van der Waals surface area contributed by atoms with E-state index in [9.17, 15) is 22.5 Å². The van der Waals surface area contributed by atoms with Gasteiger partial charge < -0.3 is 9.30 Å². The summed E-state index contributed by atoms with van der Waals surface area (Å²) in [6.45, 7) is 1.06. The van der Waals surface area contributed by atoms with Crippen LogP contribution in [0.3, 0.4) is 0 Å². The van der Waals surface area contributed by atoms with Gasteiger partial charge in [-0.2, -0.15) is 14.0 Å². The molecule has 1 aromatic heterocycles. The van der Waals surface area contributed by atoms with Crippen molar-refractivity contribution in [3.05, 3.63) is 53.6 Å². The molecule has 1 saturated carbocycles. The lowest BCUT2D eigenvalue weighted by Gasteiger charge is -2.13. The third kappa shape index (κ3) is 4.49. The van der Waals surface area contributed by atoms with Gasteiger partial charge in [-0.15, -0.1) is 0 Å². The number of alkyl halides is 2. The topological polar surface area (TPSA) is 72.1 Å². The molecule has 0 saturated heterocycles. The maximum absolute atomic E-state index is 12.7. The maximum Gasteiger partial charge on any atom is 0.387 e. The number of hydrogen-bond donors (Lipinski definition) is 0. The predicted octanol–water partition coefficient (Wildman–Crippen LogP) is 5.51. The number of sulfone groups is 1. The molecule has 0 bridgehead atoms. The van der Waals surface area contributed by atoms with Crippen LogP contribution in [0.15, 0.2) is 42.5 Å². The molecular weight excluding hydrogens is 434 g/mol. The minimum Gasteiger partial charge on any atom is -0.435 e. The zero-order valence-electron chi connectivity index (χ0n) is 17.9. The summed E-state index contributed by atoms with van der Waals surface area (Å²) in [5.41, 5.74) is 3.31. The van der Waals surface area contributed by atoms with Gasteiger partial charge in [0.25, 0.3) is 0 Å². The Hall–Kier alpha value is -2.92. The first-order valence-corrected chi connectivity index (χ1v) is 12.2. The normalized spacial score (nSPS) is 14.3. The smallest absolute Gasteiger partial charge is 0.387 e. The Labute approximate surface area is 186 Å². The first kappa shape index (κ1) is 22.3. The number of fused-ring (bicyclic) bond motifs is 1. The summed E-state index contributed by atoms with van der Waals surface area (Å²) < 4.78 is 56.6. The Balaban J connectivity index is 1.81. The van der Waals surface area contributed by atoms with Gasteiger partial charge in [-0.25, -0.2) is 8.42 Å². The van der Waals surface area contributed by atoms with Crippen molar-refractivity contribution < 1.29 is 21.9 Å². The molecule has 0 radical (unpaired) electrons. The summed E-state index contributed by atoms with van der Waals surface area (Å²) in [5, 5.41) is 10.1. The van der Waals surface area contributed by atoms with E-state index in [4.69, 9.17) is 0 Å². The zero-order valence-corrected chi connectivity index (χ0v) is 18.7. The fourth-order valence-corrected chi connectivity index (χ4v) is 4.82. The average Bonchev–Trinajstić information content (AvgIpc) is 3.50. The number of benzene rings is 2. The quantitative estimate of drug-likeness (QED) is 0.446. The van der Waals surface area contributed by atoms with Crippen LogP contribution in [0, 0.1) is 17.2 Å². The molecular formula is C24H24F2N2O3S. The molecule has 0 amide bonds. The Bertz CT molecular complexity index is 1290. The van der Waals surface area contributed by atoms with Crippen molar-refractivity contribution >= 4 is 20.7 Å². The minimum atomic E-state index is -3.23. The highest BCUT2D eigenvalue weighted by atomic mass is 32.2. The molecule has 1 heterocycles. The SMILES string of the molecule is CC(C)S(=O)(=O)Cc1ccc(-c2c(C#N)c3ccc(OC(F)F)cc3n2CC2CC2)cc1. The van der Waals surface area contributed by atoms with Crippen LogP contribution in [0.2, 0.25) is 0 Å². The standard InChI is InChI=1S/C24H24F2N2O3S/c1-15(2)32(29,30)14-17-5-7-18(8-6-17)23-21(12-27)20-10-9-19(31-24(25)26)11-22(20)28(23)13-16-3-4-16/h5-11,15-16,24H,3-4,13-14H2,1-2H3. The number of rotatable bonds is 8. The Morgan fingerprint density at radius 3 is 2.41 bits per heavy atom. The van der Waals surface area contributed by atoms with Crippen molar-refractivity contribution in [1.82, 2.24) is 4.57 Å². The lowest BCUT2D eigenvalue weighted by molar-refractivity contribution is -0.0497. The number of ether oxygens (including phenoxy) is 1. The molecule has 0 N–H and O–H groups in total. The van der Waals surface area contributed by atoms with E-state index >= 15 is 0 Å². The number of hydrogen-bond acceptors (Lipinski definition) is 4. The van der Waals surface area contributed by atoms with Crippen LogP contribution in [0.1, 0.15) is 37.8 Å². The number of nitrogens with zero attached hydrogens (tertiary/aromatic N) is 2. The van der Waals surface area contributed by atoms with Gasteiger partial charge in [0.1, 0.15) is 11.8 Å². The molecule has 168 valence electrons. The molecule has 1 aliphatic carbocycles. The molecule has 4 rings (SSSR count). The number of aromatic nitrogens is 1. The van der Waals surface area contributed by atoms with Gasteiger partial charge in [0, 0.05) is 18.0 Å². The van der Waals surface area contributed by atoms with E-state index in [1.807, 2.05) is 16.7 Å². The third-order valence-corrected chi connectivity index (χ3v) is 8.00. The molecule has 0 atom stereocenters. The largest absolute Gasteiger partial charge is 0.435 e. The van der Waals surface area contributed by atoms with Crippen molar-refractivity contribution in [3.8, 4) is 23.1 Å². The molecule has 8 heteroatoms. The molecule has 32 heavy (non-hydrogen) atoms. The molecule has 1 aliphatic rings. The second-order valence-electron chi connectivity index (χ2n) is 8.50. The van der Waals surface area contributed by atoms with Crippen LogP contribution in [-0.4, -0.2) is 24.8 Å². The molecule has 5 nitrogen and oxygen atoms in total. The third-order valence-electron chi connectivity index (χ3n) is 5.82. The van der Waals surface area contributed by atoms with Crippen LogP contribution in [0.5, 0.6) is 5.75 Å². The van der Waals surface area contributed by atoms with Crippen molar-refractivity contribution in [2.45, 2.75) is 50.8 Å². The highest BCUT2D eigenvalue weighted by Crippen LogP contribution is 2.39. The van der Waals surface area contributed by atoms with E-state index < -0.39 is 21.7 Å². The fourth-order valence-electron chi connectivity index (χ4n) is 3.82.